The summed E-state index contributed by atoms with van der Waals surface area (Å²) in [5.41, 5.74) is 10.1. The van der Waals surface area contributed by atoms with Crippen LogP contribution in [0.25, 0.3) is 0 Å². The Bertz CT molecular complexity index is 536. The first-order chi connectivity index (χ1) is 8.24. The minimum absolute atomic E-state index is 0.0170. The maximum absolute atomic E-state index is 11.5. The molecule has 1 amide bonds. The highest BCUT2D eigenvalue weighted by atomic mass is 32.2. The molecule has 1 saturated heterocycles. The lowest BCUT2D eigenvalue weighted by molar-refractivity contribution is -0.125. The molecular formula is C10H9N5OS. The van der Waals surface area contributed by atoms with Gasteiger partial charge in [-0.1, -0.05) is 11.8 Å². The molecule has 2 aliphatic rings. The summed E-state index contributed by atoms with van der Waals surface area (Å²) < 4.78 is 0. The maximum atomic E-state index is 11.5. The fourth-order valence-corrected chi connectivity index (χ4v) is 2.29. The van der Waals surface area contributed by atoms with Crippen LogP contribution in [0.4, 0.5) is 5.69 Å². The van der Waals surface area contributed by atoms with E-state index in [1.165, 1.54) is 16.8 Å². The number of fused-ring (bicyclic) bond motifs is 1. The molecule has 0 radical (unpaired) electrons. The minimum Gasteiger partial charge on any atom is -0.399 e. The van der Waals surface area contributed by atoms with Gasteiger partial charge >= 0.3 is 0 Å². The molecule has 17 heavy (non-hydrogen) atoms. The zero-order valence-corrected chi connectivity index (χ0v) is 9.57. The van der Waals surface area contributed by atoms with Gasteiger partial charge in [0.25, 0.3) is 5.91 Å². The normalized spacial score (nSPS) is 18.4. The molecule has 0 saturated carbocycles. The summed E-state index contributed by atoms with van der Waals surface area (Å²) in [6.07, 6.45) is 0. The second-order valence-corrected chi connectivity index (χ2v) is 4.53. The first-order valence-corrected chi connectivity index (χ1v) is 5.96. The topological polar surface area (TPSA) is 83.1 Å². The number of thioether (sulfide) groups is 1. The van der Waals surface area contributed by atoms with E-state index in [1.807, 2.05) is 12.1 Å². The Labute approximate surface area is 102 Å². The fraction of sp³-hybridized carbons (Fsp3) is 0.100. The van der Waals surface area contributed by atoms with Gasteiger partial charge in [-0.2, -0.15) is 5.01 Å². The van der Waals surface area contributed by atoms with E-state index in [0.717, 1.165) is 5.56 Å². The van der Waals surface area contributed by atoms with E-state index in [4.69, 9.17) is 5.73 Å². The van der Waals surface area contributed by atoms with Crippen molar-refractivity contribution in [1.82, 2.24) is 10.4 Å². The number of nitrogen functional groups attached to an aromatic ring is 1. The lowest BCUT2D eigenvalue weighted by Crippen LogP contribution is -2.47. The summed E-state index contributed by atoms with van der Waals surface area (Å²) in [7, 11) is 0. The number of carbonyl (C=O) groups excluding carboxylic acids is 1. The molecule has 0 unspecified atom stereocenters. The summed E-state index contributed by atoms with van der Waals surface area (Å²) in [5.74, 6) is 0.928. The van der Waals surface area contributed by atoms with Crippen molar-refractivity contribution in [3.63, 3.8) is 0 Å². The summed E-state index contributed by atoms with van der Waals surface area (Å²) >= 11 is 1.37. The van der Waals surface area contributed by atoms with Crippen LogP contribution in [0.2, 0.25) is 0 Å². The molecule has 1 aromatic carbocycles. The van der Waals surface area contributed by atoms with Crippen molar-refractivity contribution in [1.29, 1.82) is 0 Å². The number of nitrogens with one attached hydrogen (secondary N) is 1. The van der Waals surface area contributed by atoms with Crippen molar-refractivity contribution in [2.24, 2.45) is 10.2 Å². The van der Waals surface area contributed by atoms with Gasteiger partial charge in [0.05, 0.1) is 5.75 Å². The monoisotopic (exact) mass is 247 g/mol. The van der Waals surface area contributed by atoms with Crippen LogP contribution in [-0.4, -0.2) is 27.7 Å². The van der Waals surface area contributed by atoms with Crippen LogP contribution in [-0.2, 0) is 4.79 Å². The predicted molar refractivity (Wildman–Crippen MR) is 67.3 cm³/mol. The Morgan fingerprint density at radius 3 is 2.82 bits per heavy atom. The van der Waals surface area contributed by atoms with E-state index in [9.17, 15) is 4.79 Å². The van der Waals surface area contributed by atoms with E-state index < -0.39 is 0 Å². The number of amides is 1. The van der Waals surface area contributed by atoms with Gasteiger partial charge < -0.3 is 5.73 Å². The second kappa shape index (κ2) is 3.77. The number of nitrogens with zero attached hydrogens (tertiary/aromatic N) is 3. The van der Waals surface area contributed by atoms with Gasteiger partial charge in [0.15, 0.2) is 5.84 Å². The second-order valence-electron chi connectivity index (χ2n) is 3.58. The fourth-order valence-electron chi connectivity index (χ4n) is 1.53. The zero-order chi connectivity index (χ0) is 11.8. The first kappa shape index (κ1) is 10.2. The van der Waals surface area contributed by atoms with E-state index in [0.29, 0.717) is 22.4 Å². The lowest BCUT2D eigenvalue weighted by atomic mass is 10.2. The number of carbonyl (C=O) groups is 1. The third kappa shape index (κ3) is 1.74. The van der Waals surface area contributed by atoms with Crippen LogP contribution < -0.4 is 11.2 Å². The molecule has 2 heterocycles. The molecule has 3 rings (SSSR count). The Morgan fingerprint density at radius 1 is 1.29 bits per heavy atom. The van der Waals surface area contributed by atoms with Crippen molar-refractivity contribution < 1.29 is 4.79 Å². The number of nitrogens with two attached hydrogens (primary N) is 1. The van der Waals surface area contributed by atoms with E-state index >= 15 is 0 Å². The minimum atomic E-state index is -0.0170. The van der Waals surface area contributed by atoms with Crippen LogP contribution in [0, 0.1) is 0 Å². The highest BCUT2D eigenvalue weighted by molar-refractivity contribution is 8.15. The van der Waals surface area contributed by atoms with Gasteiger partial charge in [0.1, 0.15) is 0 Å². The van der Waals surface area contributed by atoms with E-state index in [1.54, 1.807) is 12.1 Å². The number of amidine groups is 2. The smallest absolute Gasteiger partial charge is 0.258 e. The Hall–Kier alpha value is -2.02. The molecule has 3 N–H and O–H groups in total. The lowest BCUT2D eigenvalue weighted by Gasteiger charge is -2.21. The molecule has 0 aliphatic carbocycles. The molecule has 86 valence electrons. The number of hydrogen-bond acceptors (Lipinski definition) is 6. The van der Waals surface area contributed by atoms with Gasteiger partial charge in [-0.25, -0.2) is 0 Å². The Balaban J connectivity index is 1.91. The van der Waals surface area contributed by atoms with Gasteiger partial charge in [-0.15, -0.1) is 10.2 Å². The van der Waals surface area contributed by atoms with Crippen molar-refractivity contribution >= 4 is 34.4 Å². The molecule has 0 bridgehead atoms. The number of rotatable bonds is 1. The zero-order valence-electron chi connectivity index (χ0n) is 8.75. The molecule has 1 fully saturated rings. The third-order valence-corrected chi connectivity index (χ3v) is 3.32. The average Bonchev–Trinajstić information content (AvgIpc) is 2.72. The number of hydrazine groups is 1. The predicted octanol–water partition coefficient (Wildman–Crippen LogP) is 0.380. The summed E-state index contributed by atoms with van der Waals surface area (Å²) in [4.78, 5) is 11.5. The van der Waals surface area contributed by atoms with Crippen LogP contribution in [0.5, 0.6) is 0 Å². The SMILES string of the molecule is Nc1ccc(C2=NN=C3SCC(=O)N3N2)cc1. The Kier molecular flexibility index (Phi) is 2.25. The molecule has 0 atom stereocenters. The number of hydrogen-bond donors (Lipinski definition) is 2. The standard InChI is InChI=1S/C10H9N5OS/c11-7-3-1-6(2-4-7)9-12-13-10-15(14-9)8(16)5-17-10/h1-4H,5,11H2,(H,12,14). The molecule has 0 aromatic heterocycles. The molecule has 0 spiro atoms. The highest BCUT2D eigenvalue weighted by Gasteiger charge is 2.31. The van der Waals surface area contributed by atoms with E-state index in [2.05, 4.69) is 15.6 Å². The van der Waals surface area contributed by atoms with Gasteiger partial charge in [-0.3, -0.25) is 10.2 Å². The third-order valence-electron chi connectivity index (χ3n) is 2.40. The van der Waals surface area contributed by atoms with Crippen molar-refractivity contribution in [3.05, 3.63) is 29.8 Å². The van der Waals surface area contributed by atoms with Gasteiger partial charge in [-0.05, 0) is 24.3 Å². The quantitative estimate of drug-likeness (QED) is 0.703. The van der Waals surface area contributed by atoms with Crippen molar-refractivity contribution in [2.45, 2.75) is 0 Å². The molecule has 2 aliphatic heterocycles. The Morgan fingerprint density at radius 2 is 2.06 bits per heavy atom. The van der Waals surface area contributed by atoms with Crippen molar-refractivity contribution in [3.8, 4) is 0 Å². The van der Waals surface area contributed by atoms with Gasteiger partial charge in [0, 0.05) is 11.3 Å². The van der Waals surface area contributed by atoms with Crippen LogP contribution in [0.1, 0.15) is 5.56 Å². The summed E-state index contributed by atoms with van der Waals surface area (Å²) in [5, 5.41) is 10.1. The summed E-state index contributed by atoms with van der Waals surface area (Å²) in [6, 6.07) is 7.21. The highest BCUT2D eigenvalue weighted by Crippen LogP contribution is 2.20. The number of benzene rings is 1. The first-order valence-electron chi connectivity index (χ1n) is 4.98. The van der Waals surface area contributed by atoms with Crippen LogP contribution >= 0.6 is 11.8 Å². The average molecular weight is 247 g/mol. The largest absolute Gasteiger partial charge is 0.399 e. The maximum Gasteiger partial charge on any atom is 0.258 e. The molecule has 7 heteroatoms. The molecular weight excluding hydrogens is 238 g/mol. The van der Waals surface area contributed by atoms with Crippen LogP contribution in [0.15, 0.2) is 34.5 Å². The van der Waals surface area contributed by atoms with E-state index in [-0.39, 0.29) is 5.91 Å². The van der Waals surface area contributed by atoms with Gasteiger partial charge in [0.2, 0.25) is 5.17 Å². The van der Waals surface area contributed by atoms with Crippen molar-refractivity contribution in [2.75, 3.05) is 11.5 Å². The van der Waals surface area contributed by atoms with Crippen LogP contribution in [0.3, 0.4) is 0 Å². The number of anilines is 1. The molecule has 6 nitrogen and oxygen atoms in total. The summed E-state index contributed by atoms with van der Waals surface area (Å²) in [6.45, 7) is 0. The molecule has 1 aromatic rings.